The lowest BCUT2D eigenvalue weighted by Gasteiger charge is -2.33. The number of amides is 2. The van der Waals surface area contributed by atoms with E-state index in [1.807, 2.05) is 37.3 Å². The third-order valence-electron chi connectivity index (χ3n) is 4.92. The van der Waals surface area contributed by atoms with E-state index in [-0.39, 0.29) is 23.3 Å². The van der Waals surface area contributed by atoms with E-state index >= 15 is 0 Å². The highest BCUT2D eigenvalue weighted by Gasteiger charge is 2.30. The van der Waals surface area contributed by atoms with Crippen LogP contribution in [0.2, 0.25) is 5.02 Å². The van der Waals surface area contributed by atoms with Crippen molar-refractivity contribution >= 4 is 46.4 Å². The first-order valence-electron chi connectivity index (χ1n) is 9.57. The molecule has 2 amide bonds. The first-order chi connectivity index (χ1) is 14.4. The maximum Gasteiger partial charge on any atom is 0.240 e. The first-order valence-corrected chi connectivity index (χ1v) is 10.4. The highest BCUT2D eigenvalue weighted by Crippen LogP contribution is 2.25. The number of hydrogen-bond acceptors (Lipinski definition) is 4. The Hall–Kier alpha value is -2.68. The molecule has 9 heteroatoms. The SMILES string of the molecule is Cc1c(Cl)cccc1N(NC(=O)CC1NCCN(Cc2ccccc2)C1=O)C(N)=S. The van der Waals surface area contributed by atoms with Crippen molar-refractivity contribution in [2.75, 3.05) is 18.1 Å². The van der Waals surface area contributed by atoms with E-state index in [0.29, 0.717) is 30.3 Å². The Morgan fingerprint density at radius 1 is 1.30 bits per heavy atom. The molecule has 1 unspecified atom stereocenters. The maximum atomic E-state index is 12.9. The number of benzene rings is 2. The minimum atomic E-state index is -0.615. The lowest BCUT2D eigenvalue weighted by atomic mass is 10.1. The van der Waals surface area contributed by atoms with Gasteiger partial charge in [-0.25, -0.2) is 5.01 Å². The van der Waals surface area contributed by atoms with Crippen LogP contribution in [0, 0.1) is 6.92 Å². The molecule has 0 aliphatic carbocycles. The molecule has 7 nitrogen and oxygen atoms in total. The zero-order valence-electron chi connectivity index (χ0n) is 16.6. The molecule has 0 radical (unpaired) electrons. The smallest absolute Gasteiger partial charge is 0.240 e. The van der Waals surface area contributed by atoms with E-state index in [2.05, 4.69) is 10.7 Å². The number of thiocarbonyl (C=S) groups is 1. The second kappa shape index (κ2) is 9.88. The topological polar surface area (TPSA) is 90.7 Å². The van der Waals surface area contributed by atoms with Crippen LogP contribution in [0.5, 0.6) is 0 Å². The molecule has 2 aromatic rings. The summed E-state index contributed by atoms with van der Waals surface area (Å²) in [7, 11) is 0. The van der Waals surface area contributed by atoms with E-state index in [1.54, 1.807) is 23.1 Å². The van der Waals surface area contributed by atoms with Crippen LogP contribution in [-0.2, 0) is 16.1 Å². The fourth-order valence-electron chi connectivity index (χ4n) is 3.34. The number of carbonyl (C=O) groups excluding carboxylic acids is 2. The molecule has 1 aliphatic heterocycles. The summed E-state index contributed by atoms with van der Waals surface area (Å²) in [5.74, 6) is -0.490. The molecular formula is C21H24ClN5O2S. The molecule has 1 atom stereocenters. The maximum absolute atomic E-state index is 12.9. The van der Waals surface area contributed by atoms with Gasteiger partial charge < -0.3 is 16.0 Å². The molecule has 30 heavy (non-hydrogen) atoms. The Labute approximate surface area is 186 Å². The van der Waals surface area contributed by atoms with E-state index < -0.39 is 6.04 Å². The number of anilines is 1. The summed E-state index contributed by atoms with van der Waals surface area (Å²) >= 11 is 11.3. The molecule has 0 spiro atoms. The molecular weight excluding hydrogens is 422 g/mol. The van der Waals surface area contributed by atoms with Crippen molar-refractivity contribution in [1.29, 1.82) is 0 Å². The second-order valence-electron chi connectivity index (χ2n) is 7.05. The standard InChI is InChI=1S/C21H24ClN5O2S/c1-14-16(22)8-5-9-18(14)27(21(23)30)25-19(28)12-17-20(29)26(11-10-24-17)13-15-6-3-2-4-7-15/h2-9,17,24H,10-13H2,1H3,(H2,23,30)(H,25,28). The summed E-state index contributed by atoms with van der Waals surface area (Å²) in [4.78, 5) is 27.3. The number of nitrogens with one attached hydrogen (secondary N) is 2. The van der Waals surface area contributed by atoms with Crippen molar-refractivity contribution in [3.8, 4) is 0 Å². The Kier molecular flexibility index (Phi) is 7.25. The van der Waals surface area contributed by atoms with Crippen LogP contribution in [0.25, 0.3) is 0 Å². The third kappa shape index (κ3) is 5.27. The van der Waals surface area contributed by atoms with E-state index in [1.165, 1.54) is 5.01 Å². The van der Waals surface area contributed by atoms with Crippen LogP contribution in [0.15, 0.2) is 48.5 Å². The predicted octanol–water partition coefficient (Wildman–Crippen LogP) is 2.12. The fourth-order valence-corrected chi connectivity index (χ4v) is 3.65. The van der Waals surface area contributed by atoms with Gasteiger partial charge in [-0.3, -0.25) is 15.0 Å². The minimum absolute atomic E-state index is 0.0256. The number of hydrazine groups is 1. The van der Waals surface area contributed by atoms with Gasteiger partial charge in [-0.1, -0.05) is 48.0 Å². The van der Waals surface area contributed by atoms with Crippen molar-refractivity contribution in [3.05, 3.63) is 64.7 Å². The number of piperazine rings is 1. The van der Waals surface area contributed by atoms with Crippen LogP contribution in [0.4, 0.5) is 5.69 Å². The number of nitrogens with zero attached hydrogens (tertiary/aromatic N) is 2. The first kappa shape index (κ1) is 22.0. The summed E-state index contributed by atoms with van der Waals surface area (Å²) in [6, 6.07) is 14.4. The highest BCUT2D eigenvalue weighted by atomic mass is 35.5. The van der Waals surface area contributed by atoms with Gasteiger partial charge in [0, 0.05) is 24.7 Å². The largest absolute Gasteiger partial charge is 0.374 e. The number of carbonyl (C=O) groups is 2. The molecule has 1 saturated heterocycles. The molecule has 1 heterocycles. The van der Waals surface area contributed by atoms with Crippen molar-refractivity contribution < 1.29 is 9.59 Å². The summed E-state index contributed by atoms with van der Waals surface area (Å²) in [6.45, 7) is 3.53. The van der Waals surface area contributed by atoms with Crippen LogP contribution >= 0.6 is 23.8 Å². The molecule has 4 N–H and O–H groups in total. The Morgan fingerprint density at radius 3 is 2.73 bits per heavy atom. The number of rotatable bonds is 5. The van der Waals surface area contributed by atoms with E-state index in [0.717, 1.165) is 11.1 Å². The van der Waals surface area contributed by atoms with Crippen LogP contribution in [0.1, 0.15) is 17.5 Å². The number of hydrogen-bond donors (Lipinski definition) is 3. The molecule has 158 valence electrons. The highest BCUT2D eigenvalue weighted by molar-refractivity contribution is 7.80. The van der Waals surface area contributed by atoms with Gasteiger partial charge in [0.15, 0.2) is 5.11 Å². The second-order valence-corrected chi connectivity index (χ2v) is 7.87. The van der Waals surface area contributed by atoms with Crippen LogP contribution in [-0.4, -0.2) is 41.0 Å². The minimum Gasteiger partial charge on any atom is -0.374 e. The van der Waals surface area contributed by atoms with Gasteiger partial charge in [-0.2, -0.15) is 0 Å². The summed E-state index contributed by atoms with van der Waals surface area (Å²) in [6.07, 6.45) is -0.0388. The van der Waals surface area contributed by atoms with Gasteiger partial charge in [-0.15, -0.1) is 0 Å². The van der Waals surface area contributed by atoms with Crippen molar-refractivity contribution in [2.45, 2.75) is 25.9 Å². The van der Waals surface area contributed by atoms with Gasteiger partial charge in [0.1, 0.15) is 0 Å². The Bertz CT molecular complexity index is 940. The average Bonchev–Trinajstić information content (AvgIpc) is 2.72. The Morgan fingerprint density at radius 2 is 2.03 bits per heavy atom. The molecule has 3 rings (SSSR count). The van der Waals surface area contributed by atoms with Gasteiger partial charge in [-0.05, 0) is 42.4 Å². The lowest BCUT2D eigenvalue weighted by molar-refractivity contribution is -0.138. The number of nitrogens with two attached hydrogens (primary N) is 1. The summed E-state index contributed by atoms with van der Waals surface area (Å²) < 4.78 is 0. The lowest BCUT2D eigenvalue weighted by Crippen LogP contribution is -2.57. The summed E-state index contributed by atoms with van der Waals surface area (Å²) in [5, 5.41) is 4.94. The molecule has 1 aliphatic rings. The monoisotopic (exact) mass is 445 g/mol. The summed E-state index contributed by atoms with van der Waals surface area (Å²) in [5.41, 5.74) is 10.9. The van der Waals surface area contributed by atoms with Gasteiger partial charge in [0.05, 0.1) is 18.2 Å². The van der Waals surface area contributed by atoms with Crippen molar-refractivity contribution in [3.63, 3.8) is 0 Å². The molecule has 0 aromatic heterocycles. The van der Waals surface area contributed by atoms with E-state index in [9.17, 15) is 9.59 Å². The zero-order valence-corrected chi connectivity index (χ0v) is 18.2. The van der Waals surface area contributed by atoms with Crippen LogP contribution in [0.3, 0.4) is 0 Å². The average molecular weight is 446 g/mol. The molecule has 1 fully saturated rings. The van der Waals surface area contributed by atoms with E-state index in [4.69, 9.17) is 29.6 Å². The fraction of sp³-hybridized carbons (Fsp3) is 0.286. The van der Waals surface area contributed by atoms with Gasteiger partial charge in [0.25, 0.3) is 0 Å². The predicted molar refractivity (Wildman–Crippen MR) is 122 cm³/mol. The normalized spacial score (nSPS) is 16.3. The third-order valence-corrected chi connectivity index (χ3v) is 5.52. The van der Waals surface area contributed by atoms with Gasteiger partial charge >= 0.3 is 0 Å². The molecule has 0 saturated carbocycles. The number of halogens is 1. The molecule has 0 bridgehead atoms. The Balaban J connectivity index is 1.66. The van der Waals surface area contributed by atoms with Crippen molar-refractivity contribution in [2.24, 2.45) is 5.73 Å². The van der Waals surface area contributed by atoms with Crippen LogP contribution < -0.4 is 21.5 Å². The zero-order chi connectivity index (χ0) is 21.7. The van der Waals surface area contributed by atoms with Crippen molar-refractivity contribution in [1.82, 2.24) is 15.6 Å². The molecule has 2 aromatic carbocycles. The quantitative estimate of drug-likeness (QED) is 0.482. The van der Waals surface area contributed by atoms with Gasteiger partial charge in [0.2, 0.25) is 11.8 Å².